The van der Waals surface area contributed by atoms with Gasteiger partial charge in [-0.15, -0.1) is 10.2 Å². The number of fused-ring (bicyclic) bond motifs is 1. The van der Waals surface area contributed by atoms with Crippen molar-refractivity contribution in [2.75, 3.05) is 13.7 Å². The number of nitrogens with zero attached hydrogens (tertiary/aromatic N) is 3. The Morgan fingerprint density at radius 1 is 1.40 bits per heavy atom. The van der Waals surface area contributed by atoms with Crippen LogP contribution < -0.4 is 0 Å². The highest BCUT2D eigenvalue weighted by Crippen LogP contribution is 2.12. The molecule has 0 aromatic carbocycles. The molecule has 0 aliphatic rings. The second-order valence-corrected chi connectivity index (χ2v) is 3.72. The first-order valence-corrected chi connectivity index (χ1v) is 5.17. The van der Waals surface area contributed by atoms with Crippen LogP contribution in [0.3, 0.4) is 0 Å². The average Bonchev–Trinajstić information content (AvgIpc) is 2.62. The maximum atomic E-state index is 5.91. The molecule has 0 unspecified atom stereocenters. The molecule has 0 fully saturated rings. The van der Waals surface area contributed by atoms with Crippen LogP contribution in [-0.2, 0) is 11.2 Å². The first-order chi connectivity index (χ1) is 7.31. The van der Waals surface area contributed by atoms with Gasteiger partial charge in [-0.1, -0.05) is 11.6 Å². The lowest BCUT2D eigenvalue weighted by atomic mass is 10.3. The highest BCUT2D eigenvalue weighted by atomic mass is 35.5. The Labute approximate surface area is 92.8 Å². The molecule has 5 heteroatoms. The molecule has 0 spiro atoms. The van der Waals surface area contributed by atoms with Gasteiger partial charge in [0.05, 0.1) is 5.02 Å². The number of aromatic nitrogens is 3. The number of pyridine rings is 1. The number of ether oxygens (including phenoxy) is 1. The van der Waals surface area contributed by atoms with Crippen LogP contribution in [0.5, 0.6) is 0 Å². The van der Waals surface area contributed by atoms with Gasteiger partial charge in [-0.3, -0.25) is 4.40 Å². The summed E-state index contributed by atoms with van der Waals surface area (Å²) in [6.07, 6.45) is 3.61. The Bertz CT molecular complexity index is 455. The predicted molar refractivity (Wildman–Crippen MR) is 58.2 cm³/mol. The molecule has 15 heavy (non-hydrogen) atoms. The van der Waals surface area contributed by atoms with E-state index in [4.69, 9.17) is 16.3 Å². The third-order valence-electron chi connectivity index (χ3n) is 2.19. The first-order valence-electron chi connectivity index (χ1n) is 4.79. The maximum Gasteiger partial charge on any atom is 0.160 e. The third-order valence-corrected chi connectivity index (χ3v) is 2.41. The van der Waals surface area contributed by atoms with E-state index in [1.807, 2.05) is 22.7 Å². The number of hydrogen-bond acceptors (Lipinski definition) is 3. The summed E-state index contributed by atoms with van der Waals surface area (Å²) < 4.78 is 6.91. The summed E-state index contributed by atoms with van der Waals surface area (Å²) in [5, 5.41) is 8.85. The van der Waals surface area contributed by atoms with Crippen molar-refractivity contribution in [3.05, 3.63) is 29.2 Å². The lowest BCUT2D eigenvalue weighted by Crippen LogP contribution is -1.98. The molecule has 0 amide bonds. The second-order valence-electron chi connectivity index (χ2n) is 3.29. The molecule has 2 heterocycles. The van der Waals surface area contributed by atoms with Crippen molar-refractivity contribution >= 4 is 17.2 Å². The monoisotopic (exact) mass is 225 g/mol. The van der Waals surface area contributed by atoms with E-state index < -0.39 is 0 Å². The Balaban J connectivity index is 2.23. The van der Waals surface area contributed by atoms with Crippen molar-refractivity contribution < 1.29 is 4.74 Å². The van der Waals surface area contributed by atoms with Crippen molar-refractivity contribution in [3.63, 3.8) is 0 Å². The highest BCUT2D eigenvalue weighted by molar-refractivity contribution is 6.30. The number of methoxy groups -OCH3 is 1. The average molecular weight is 226 g/mol. The van der Waals surface area contributed by atoms with Crippen LogP contribution in [0.1, 0.15) is 12.2 Å². The van der Waals surface area contributed by atoms with Crippen LogP contribution in [0.2, 0.25) is 5.02 Å². The number of rotatable bonds is 4. The summed E-state index contributed by atoms with van der Waals surface area (Å²) in [5.41, 5.74) is 0.826. The van der Waals surface area contributed by atoms with Gasteiger partial charge >= 0.3 is 0 Å². The molecule has 2 aromatic heterocycles. The molecule has 0 saturated heterocycles. The Morgan fingerprint density at radius 2 is 2.27 bits per heavy atom. The van der Waals surface area contributed by atoms with Crippen molar-refractivity contribution in [1.82, 2.24) is 14.6 Å². The molecule has 80 valence electrons. The number of hydrogen-bond donors (Lipinski definition) is 0. The molecule has 0 radical (unpaired) electrons. The summed E-state index contributed by atoms with van der Waals surface area (Å²) in [4.78, 5) is 0. The minimum atomic E-state index is 0.690. The predicted octanol–water partition coefficient (Wildman–Crippen LogP) is 1.96. The molecule has 0 aliphatic carbocycles. The van der Waals surface area contributed by atoms with E-state index in [1.165, 1.54) is 0 Å². The van der Waals surface area contributed by atoms with Crippen LogP contribution in [0.15, 0.2) is 18.3 Å². The maximum absolute atomic E-state index is 5.91. The van der Waals surface area contributed by atoms with Crippen molar-refractivity contribution in [2.24, 2.45) is 0 Å². The summed E-state index contributed by atoms with van der Waals surface area (Å²) >= 11 is 5.91. The summed E-state index contributed by atoms with van der Waals surface area (Å²) in [7, 11) is 1.69. The zero-order valence-electron chi connectivity index (χ0n) is 8.48. The summed E-state index contributed by atoms with van der Waals surface area (Å²) in [5.74, 6) is 0.921. The van der Waals surface area contributed by atoms with E-state index in [9.17, 15) is 0 Å². The normalized spacial score (nSPS) is 11.1. The fourth-order valence-corrected chi connectivity index (χ4v) is 1.62. The highest BCUT2D eigenvalue weighted by Gasteiger charge is 2.04. The smallest absolute Gasteiger partial charge is 0.160 e. The van der Waals surface area contributed by atoms with Gasteiger partial charge in [0.25, 0.3) is 0 Å². The minimum absolute atomic E-state index is 0.690. The lowest BCUT2D eigenvalue weighted by Gasteiger charge is -1.99. The Hall–Kier alpha value is -1.13. The van der Waals surface area contributed by atoms with Gasteiger partial charge in [-0.25, -0.2) is 0 Å². The van der Waals surface area contributed by atoms with Crippen LogP contribution in [0.25, 0.3) is 5.65 Å². The molecule has 0 bridgehead atoms. The lowest BCUT2D eigenvalue weighted by molar-refractivity contribution is 0.194. The van der Waals surface area contributed by atoms with Gasteiger partial charge < -0.3 is 4.74 Å². The van der Waals surface area contributed by atoms with E-state index in [1.54, 1.807) is 7.11 Å². The van der Waals surface area contributed by atoms with E-state index in [-0.39, 0.29) is 0 Å². The van der Waals surface area contributed by atoms with Crippen molar-refractivity contribution in [2.45, 2.75) is 12.8 Å². The van der Waals surface area contributed by atoms with E-state index in [0.717, 1.165) is 30.9 Å². The largest absolute Gasteiger partial charge is 0.385 e. The Kier molecular flexibility index (Phi) is 3.18. The molecule has 0 saturated carbocycles. The van der Waals surface area contributed by atoms with Gasteiger partial charge in [0.1, 0.15) is 5.82 Å². The van der Waals surface area contributed by atoms with Crippen LogP contribution >= 0.6 is 11.6 Å². The Morgan fingerprint density at radius 3 is 3.07 bits per heavy atom. The molecular formula is C10H12ClN3O. The SMILES string of the molecule is COCCCc1nnc2ccc(Cl)cn12. The first kappa shape index (κ1) is 10.4. The summed E-state index contributed by atoms with van der Waals surface area (Å²) in [6.45, 7) is 0.732. The van der Waals surface area contributed by atoms with Crippen molar-refractivity contribution in [3.8, 4) is 0 Å². The molecular weight excluding hydrogens is 214 g/mol. The molecule has 2 rings (SSSR count). The minimum Gasteiger partial charge on any atom is -0.385 e. The van der Waals surface area contributed by atoms with E-state index >= 15 is 0 Å². The van der Waals surface area contributed by atoms with Crippen LogP contribution in [0.4, 0.5) is 0 Å². The molecule has 4 nitrogen and oxygen atoms in total. The van der Waals surface area contributed by atoms with E-state index in [2.05, 4.69) is 10.2 Å². The van der Waals surface area contributed by atoms with Gasteiger partial charge in [-0.2, -0.15) is 0 Å². The van der Waals surface area contributed by atoms with Gasteiger partial charge in [0.2, 0.25) is 0 Å². The quantitative estimate of drug-likeness (QED) is 0.747. The second kappa shape index (κ2) is 4.59. The summed E-state index contributed by atoms with van der Waals surface area (Å²) in [6, 6.07) is 3.67. The topological polar surface area (TPSA) is 39.4 Å². The molecule has 0 aliphatic heterocycles. The zero-order chi connectivity index (χ0) is 10.7. The standard InChI is InChI=1S/C10H12ClN3O/c1-15-6-2-3-9-12-13-10-5-4-8(11)7-14(9)10/h4-5,7H,2-3,6H2,1H3. The van der Waals surface area contributed by atoms with Gasteiger partial charge in [-0.05, 0) is 18.6 Å². The molecule has 0 atom stereocenters. The van der Waals surface area contributed by atoms with Crippen LogP contribution in [-0.4, -0.2) is 28.3 Å². The fourth-order valence-electron chi connectivity index (χ4n) is 1.46. The number of aryl methyl sites for hydroxylation is 1. The van der Waals surface area contributed by atoms with Crippen LogP contribution in [0, 0.1) is 0 Å². The third kappa shape index (κ3) is 2.27. The number of halogens is 1. The molecule has 2 aromatic rings. The van der Waals surface area contributed by atoms with E-state index in [0.29, 0.717) is 5.02 Å². The molecule has 0 N–H and O–H groups in total. The zero-order valence-corrected chi connectivity index (χ0v) is 9.24. The van der Waals surface area contributed by atoms with Crippen molar-refractivity contribution in [1.29, 1.82) is 0 Å². The van der Waals surface area contributed by atoms with Gasteiger partial charge in [0, 0.05) is 26.3 Å². The van der Waals surface area contributed by atoms with Gasteiger partial charge in [0.15, 0.2) is 5.65 Å². The fraction of sp³-hybridized carbons (Fsp3) is 0.400.